The fraction of sp³-hybridized carbons (Fsp3) is 0.143. The zero-order valence-corrected chi connectivity index (χ0v) is 13.4. The summed E-state index contributed by atoms with van der Waals surface area (Å²) in [7, 11) is 0. The quantitative estimate of drug-likeness (QED) is 0.789. The van der Waals surface area contributed by atoms with Gasteiger partial charge in [-0.15, -0.1) is 0 Å². The van der Waals surface area contributed by atoms with Crippen LogP contribution in [-0.2, 0) is 0 Å². The van der Waals surface area contributed by atoms with Gasteiger partial charge in [-0.05, 0) is 46.6 Å². The number of aromatic nitrogens is 1. The Balaban J connectivity index is 2.27. The van der Waals surface area contributed by atoms with E-state index in [0.29, 0.717) is 10.2 Å². The molecule has 1 heterocycles. The smallest absolute Gasteiger partial charge is 0.275 e. The van der Waals surface area contributed by atoms with Crippen LogP contribution in [-0.4, -0.2) is 10.9 Å². The highest BCUT2D eigenvalue weighted by atomic mass is 79.9. The van der Waals surface area contributed by atoms with Gasteiger partial charge in [-0.2, -0.15) is 0 Å². The lowest BCUT2D eigenvalue weighted by Gasteiger charge is -2.12. The van der Waals surface area contributed by atoms with E-state index >= 15 is 0 Å². The third kappa shape index (κ3) is 3.42. The van der Waals surface area contributed by atoms with Gasteiger partial charge in [0, 0.05) is 21.2 Å². The maximum absolute atomic E-state index is 12.2. The lowest BCUT2D eigenvalue weighted by molar-refractivity contribution is 0.102. The Labute approximate surface area is 128 Å². The number of pyridine rings is 1. The zero-order valence-electron chi connectivity index (χ0n) is 10.2. The second-order valence-electron chi connectivity index (χ2n) is 3.99. The second-order valence-corrected chi connectivity index (χ2v) is 6.22. The van der Waals surface area contributed by atoms with Crippen LogP contribution in [0.4, 0.5) is 5.69 Å². The van der Waals surface area contributed by atoms with E-state index in [1.54, 1.807) is 18.3 Å². The summed E-state index contributed by atoms with van der Waals surface area (Å²) in [5, 5.41) is 2.89. The Morgan fingerprint density at radius 1 is 1.26 bits per heavy atom. The second kappa shape index (κ2) is 6.30. The van der Waals surface area contributed by atoms with Crippen molar-refractivity contribution in [2.75, 3.05) is 5.32 Å². The van der Waals surface area contributed by atoms with Gasteiger partial charge in [0.05, 0.1) is 0 Å². The van der Waals surface area contributed by atoms with Crippen molar-refractivity contribution in [3.8, 4) is 0 Å². The summed E-state index contributed by atoms with van der Waals surface area (Å²) in [6.07, 6.45) is 1.60. The van der Waals surface area contributed by atoms with Gasteiger partial charge in [0.2, 0.25) is 0 Å². The topological polar surface area (TPSA) is 42.0 Å². The number of alkyl halides is 1. The molecule has 2 rings (SSSR count). The van der Waals surface area contributed by atoms with Gasteiger partial charge < -0.3 is 5.32 Å². The summed E-state index contributed by atoms with van der Waals surface area (Å²) in [4.78, 5) is 16.4. The minimum absolute atomic E-state index is 0.163. The molecule has 2 aromatic rings. The van der Waals surface area contributed by atoms with E-state index in [1.165, 1.54) is 0 Å². The largest absolute Gasteiger partial charge is 0.320 e. The number of nitrogens with one attached hydrogen (secondary N) is 1. The van der Waals surface area contributed by atoms with Crippen molar-refractivity contribution in [2.45, 2.75) is 11.8 Å². The third-order valence-electron chi connectivity index (χ3n) is 2.61. The molecule has 0 fully saturated rings. The monoisotopic (exact) mass is 382 g/mol. The molecule has 1 aromatic carbocycles. The van der Waals surface area contributed by atoms with Crippen LogP contribution in [0, 0.1) is 0 Å². The van der Waals surface area contributed by atoms with Crippen molar-refractivity contribution in [3.63, 3.8) is 0 Å². The summed E-state index contributed by atoms with van der Waals surface area (Å²) in [6.45, 7) is 2.02. The lowest BCUT2D eigenvalue weighted by atomic mass is 10.1. The highest BCUT2D eigenvalue weighted by Crippen LogP contribution is 2.29. The predicted octanol–water partition coefficient (Wildman–Crippen LogP) is 4.55. The van der Waals surface area contributed by atoms with Gasteiger partial charge >= 0.3 is 0 Å². The maximum Gasteiger partial charge on any atom is 0.275 e. The first-order valence-electron chi connectivity index (χ1n) is 5.74. The average Bonchev–Trinajstić information content (AvgIpc) is 2.39. The van der Waals surface area contributed by atoms with Crippen molar-refractivity contribution in [2.24, 2.45) is 0 Å². The first-order valence-corrected chi connectivity index (χ1v) is 7.45. The van der Waals surface area contributed by atoms with Gasteiger partial charge in [0.15, 0.2) is 0 Å². The van der Waals surface area contributed by atoms with Crippen LogP contribution in [0.3, 0.4) is 0 Å². The molecule has 5 heteroatoms. The molecule has 98 valence electrons. The van der Waals surface area contributed by atoms with E-state index in [4.69, 9.17) is 0 Å². The number of hydrogen-bond donors (Lipinski definition) is 1. The number of para-hydroxylation sites is 1. The molecule has 0 saturated heterocycles. The molecule has 1 aromatic heterocycles. The molecule has 0 saturated carbocycles. The Morgan fingerprint density at radius 2 is 2.00 bits per heavy atom. The Bertz CT molecular complexity index is 600. The molecule has 1 amide bonds. The van der Waals surface area contributed by atoms with Gasteiger partial charge in [-0.25, -0.2) is 4.98 Å². The van der Waals surface area contributed by atoms with Gasteiger partial charge in [0.1, 0.15) is 5.69 Å². The lowest BCUT2D eigenvalue weighted by Crippen LogP contribution is -2.15. The summed E-state index contributed by atoms with van der Waals surface area (Å²) in [6, 6.07) is 11.3. The standard InChI is InChI=1S/C14H12Br2N2O/c1-9(15)10-5-2-3-7-12(10)18-14(19)13-11(16)6-4-8-17-13/h2-9H,1H3,(H,18,19). The molecular weight excluding hydrogens is 372 g/mol. The number of carbonyl (C=O) groups is 1. The molecule has 3 nitrogen and oxygen atoms in total. The van der Waals surface area contributed by atoms with E-state index < -0.39 is 0 Å². The Morgan fingerprint density at radius 3 is 2.68 bits per heavy atom. The van der Waals surface area contributed by atoms with Crippen LogP contribution in [0.2, 0.25) is 0 Å². The van der Waals surface area contributed by atoms with Crippen LogP contribution in [0.5, 0.6) is 0 Å². The fourth-order valence-corrected chi connectivity index (χ4v) is 2.53. The number of hydrogen-bond acceptors (Lipinski definition) is 2. The first-order chi connectivity index (χ1) is 9.09. The summed E-state index contributed by atoms with van der Waals surface area (Å²) in [5.74, 6) is -0.229. The molecule has 0 bridgehead atoms. The number of amides is 1. The highest BCUT2D eigenvalue weighted by Gasteiger charge is 2.14. The first kappa shape index (κ1) is 14.2. The molecule has 0 aliphatic heterocycles. The summed E-state index contributed by atoms with van der Waals surface area (Å²) >= 11 is 6.84. The molecular formula is C14H12Br2N2O. The number of halogens is 2. The fourth-order valence-electron chi connectivity index (χ4n) is 1.69. The highest BCUT2D eigenvalue weighted by molar-refractivity contribution is 9.10. The van der Waals surface area contributed by atoms with Gasteiger partial charge in [-0.1, -0.05) is 34.1 Å². The minimum atomic E-state index is -0.229. The van der Waals surface area contributed by atoms with Crippen molar-refractivity contribution in [3.05, 3.63) is 58.3 Å². The minimum Gasteiger partial charge on any atom is -0.320 e. The van der Waals surface area contributed by atoms with Crippen molar-refractivity contribution in [1.29, 1.82) is 0 Å². The van der Waals surface area contributed by atoms with Crippen molar-refractivity contribution < 1.29 is 4.79 Å². The predicted molar refractivity (Wildman–Crippen MR) is 83.7 cm³/mol. The van der Waals surface area contributed by atoms with E-state index in [9.17, 15) is 4.79 Å². The molecule has 1 unspecified atom stereocenters. The van der Waals surface area contributed by atoms with E-state index in [-0.39, 0.29) is 10.7 Å². The van der Waals surface area contributed by atoms with E-state index in [1.807, 2.05) is 31.2 Å². The van der Waals surface area contributed by atoms with Gasteiger partial charge in [0.25, 0.3) is 5.91 Å². The van der Waals surface area contributed by atoms with Crippen LogP contribution in [0.25, 0.3) is 0 Å². The molecule has 0 aliphatic rings. The van der Waals surface area contributed by atoms with Crippen LogP contribution >= 0.6 is 31.9 Å². The van der Waals surface area contributed by atoms with E-state index in [2.05, 4.69) is 42.2 Å². The number of nitrogens with zero attached hydrogens (tertiary/aromatic N) is 1. The molecule has 19 heavy (non-hydrogen) atoms. The van der Waals surface area contributed by atoms with Crippen molar-refractivity contribution >= 4 is 43.5 Å². The maximum atomic E-state index is 12.2. The normalized spacial score (nSPS) is 11.9. The van der Waals surface area contributed by atoms with E-state index in [0.717, 1.165) is 11.3 Å². The van der Waals surface area contributed by atoms with Crippen LogP contribution in [0.15, 0.2) is 47.1 Å². The zero-order chi connectivity index (χ0) is 13.8. The molecule has 0 radical (unpaired) electrons. The van der Waals surface area contributed by atoms with Crippen LogP contribution < -0.4 is 5.32 Å². The Hall–Kier alpha value is -1.20. The van der Waals surface area contributed by atoms with Crippen molar-refractivity contribution in [1.82, 2.24) is 4.98 Å². The molecule has 0 spiro atoms. The SMILES string of the molecule is CC(Br)c1ccccc1NC(=O)c1ncccc1Br. The number of anilines is 1. The summed E-state index contributed by atoms with van der Waals surface area (Å²) < 4.78 is 0.678. The summed E-state index contributed by atoms with van der Waals surface area (Å²) in [5.41, 5.74) is 2.19. The average molecular weight is 384 g/mol. The molecule has 0 aliphatic carbocycles. The molecule has 1 N–H and O–H groups in total. The number of rotatable bonds is 3. The Kier molecular flexibility index (Phi) is 4.71. The third-order valence-corrected chi connectivity index (χ3v) is 3.74. The molecule has 1 atom stereocenters. The number of carbonyl (C=O) groups excluding carboxylic acids is 1. The van der Waals surface area contributed by atoms with Gasteiger partial charge in [-0.3, -0.25) is 4.79 Å². The van der Waals surface area contributed by atoms with Crippen LogP contribution in [0.1, 0.15) is 27.8 Å². The number of benzene rings is 1.